The summed E-state index contributed by atoms with van der Waals surface area (Å²) in [6, 6.07) is 3.22. The Balaban J connectivity index is 1.55. The van der Waals surface area contributed by atoms with Gasteiger partial charge in [-0.3, -0.25) is 14.2 Å². The number of thiophene rings is 1. The summed E-state index contributed by atoms with van der Waals surface area (Å²) in [5.74, 6) is -0.469. The second kappa shape index (κ2) is 7.57. The number of hydrogen-bond acceptors (Lipinski definition) is 7. The second-order valence-corrected chi connectivity index (χ2v) is 8.06. The number of carbonyl (C=O) groups is 2. The first-order valence-electron chi connectivity index (χ1n) is 9.02. The first-order chi connectivity index (χ1) is 13.9. The van der Waals surface area contributed by atoms with E-state index in [2.05, 4.69) is 15.3 Å². The van der Waals surface area contributed by atoms with Crippen LogP contribution in [0.5, 0.6) is 0 Å². The van der Waals surface area contributed by atoms with E-state index in [1.165, 1.54) is 13.1 Å². The molecule has 3 aromatic rings. The molecule has 10 heteroatoms. The molecule has 0 radical (unpaired) electrons. The third-order valence-electron chi connectivity index (χ3n) is 4.77. The number of amides is 1. The predicted octanol–water partition coefficient (Wildman–Crippen LogP) is 2.95. The van der Waals surface area contributed by atoms with Gasteiger partial charge in [-0.2, -0.15) is 0 Å². The average Bonchev–Trinajstić information content (AvgIpc) is 3.28. The van der Waals surface area contributed by atoms with Crippen molar-refractivity contribution in [2.75, 3.05) is 5.32 Å². The number of carbonyl (C=O) groups excluding carboxylic acids is 2. The van der Waals surface area contributed by atoms with Crippen LogP contribution in [0.1, 0.15) is 34.4 Å². The number of rotatable bonds is 4. The van der Waals surface area contributed by atoms with Gasteiger partial charge in [-0.15, -0.1) is 11.3 Å². The molecule has 0 spiro atoms. The second-order valence-electron chi connectivity index (χ2n) is 6.70. The fraction of sp³-hybridized carbons (Fsp3) is 0.316. The van der Waals surface area contributed by atoms with E-state index in [9.17, 15) is 14.4 Å². The van der Waals surface area contributed by atoms with Crippen molar-refractivity contribution in [2.45, 2.75) is 39.3 Å². The molecule has 1 amide bonds. The van der Waals surface area contributed by atoms with Crippen molar-refractivity contribution in [3.63, 3.8) is 0 Å². The van der Waals surface area contributed by atoms with E-state index in [0.29, 0.717) is 28.0 Å². The molecular weight excluding hydrogens is 416 g/mol. The lowest BCUT2D eigenvalue weighted by Gasteiger charge is -2.13. The lowest BCUT2D eigenvalue weighted by Crippen LogP contribution is -2.30. The largest absolute Gasteiger partial charge is 0.448 e. The zero-order chi connectivity index (χ0) is 20.7. The summed E-state index contributed by atoms with van der Waals surface area (Å²) in [5, 5.41) is 3.15. The Morgan fingerprint density at radius 2 is 2.21 bits per heavy atom. The first kappa shape index (κ1) is 19.5. The lowest BCUT2D eigenvalue weighted by molar-refractivity contribution is -0.123. The topological polar surface area (TPSA) is 103 Å². The number of esters is 1. The Kier molecular flexibility index (Phi) is 5.10. The number of halogens is 1. The summed E-state index contributed by atoms with van der Waals surface area (Å²) in [5.41, 5.74) is 0.719. The Labute approximate surface area is 174 Å². The number of pyridine rings is 1. The van der Waals surface area contributed by atoms with Crippen LogP contribution in [0, 0.1) is 6.92 Å². The fourth-order valence-electron chi connectivity index (χ4n) is 3.25. The van der Waals surface area contributed by atoms with Crippen molar-refractivity contribution in [3.8, 4) is 0 Å². The molecule has 0 bridgehead atoms. The van der Waals surface area contributed by atoms with Gasteiger partial charge in [0.1, 0.15) is 15.5 Å². The number of nitrogens with one attached hydrogen (secondary N) is 1. The first-order valence-corrected chi connectivity index (χ1v) is 10.2. The fourth-order valence-corrected chi connectivity index (χ4v) is 4.49. The van der Waals surface area contributed by atoms with Gasteiger partial charge in [-0.25, -0.2) is 14.8 Å². The van der Waals surface area contributed by atoms with Crippen molar-refractivity contribution < 1.29 is 14.3 Å². The van der Waals surface area contributed by atoms with E-state index < -0.39 is 18.0 Å². The molecular formula is C19H17ClN4O4S. The number of aromatic nitrogens is 3. The zero-order valence-electron chi connectivity index (χ0n) is 15.7. The van der Waals surface area contributed by atoms with Gasteiger partial charge in [-0.1, -0.05) is 11.6 Å². The van der Waals surface area contributed by atoms with Crippen molar-refractivity contribution in [2.24, 2.45) is 0 Å². The van der Waals surface area contributed by atoms with Crippen LogP contribution in [0.4, 0.5) is 5.69 Å². The van der Waals surface area contributed by atoms with Gasteiger partial charge in [0, 0.05) is 19.2 Å². The average molecular weight is 433 g/mol. The highest BCUT2D eigenvalue weighted by atomic mass is 35.5. The molecule has 3 aromatic heterocycles. The van der Waals surface area contributed by atoms with Crippen molar-refractivity contribution in [3.05, 3.63) is 50.1 Å². The van der Waals surface area contributed by atoms with Gasteiger partial charge in [-0.05, 0) is 38.0 Å². The van der Waals surface area contributed by atoms with Crippen LogP contribution in [0.3, 0.4) is 0 Å². The monoisotopic (exact) mass is 432 g/mol. The molecule has 0 aliphatic carbocycles. The van der Waals surface area contributed by atoms with Crippen LogP contribution >= 0.6 is 22.9 Å². The maximum Gasteiger partial charge on any atom is 0.349 e. The standard InChI is InChI=1S/C19H17ClN4O4S/c1-9-13-17(23-12-6-4-8-24(12)18(13)26)29-14(9)19(27)28-10(2)16(25)22-11-5-3-7-21-15(11)20/h3,5,7,10H,4,6,8H2,1-2H3,(H,22,25). The summed E-state index contributed by atoms with van der Waals surface area (Å²) >= 11 is 7.04. The number of ether oxygens (including phenoxy) is 1. The molecule has 8 nitrogen and oxygen atoms in total. The SMILES string of the molecule is Cc1c(C(=O)OC(C)C(=O)Nc2cccnc2Cl)sc2nc3n(c(=O)c12)CCC3. The minimum atomic E-state index is -1.07. The molecule has 150 valence electrons. The number of fused-ring (bicyclic) bond motifs is 2. The van der Waals surface area contributed by atoms with E-state index in [4.69, 9.17) is 16.3 Å². The summed E-state index contributed by atoms with van der Waals surface area (Å²) in [6.07, 6.45) is 2.07. The van der Waals surface area contributed by atoms with Crippen LogP contribution in [0.25, 0.3) is 10.2 Å². The predicted molar refractivity (Wildman–Crippen MR) is 110 cm³/mol. The molecule has 29 heavy (non-hydrogen) atoms. The third-order valence-corrected chi connectivity index (χ3v) is 6.23. The highest BCUT2D eigenvalue weighted by molar-refractivity contribution is 7.20. The van der Waals surface area contributed by atoms with Gasteiger partial charge >= 0.3 is 5.97 Å². The smallest absolute Gasteiger partial charge is 0.349 e. The number of nitrogens with zero attached hydrogens (tertiary/aromatic N) is 3. The van der Waals surface area contributed by atoms with Gasteiger partial charge in [0.15, 0.2) is 11.3 Å². The van der Waals surface area contributed by atoms with E-state index in [0.717, 1.165) is 30.0 Å². The lowest BCUT2D eigenvalue weighted by atomic mass is 10.2. The van der Waals surface area contributed by atoms with Gasteiger partial charge < -0.3 is 10.1 Å². The summed E-state index contributed by atoms with van der Waals surface area (Å²) in [4.78, 5) is 46.9. The van der Waals surface area contributed by atoms with Crippen LogP contribution < -0.4 is 10.9 Å². The van der Waals surface area contributed by atoms with Crippen LogP contribution in [-0.4, -0.2) is 32.5 Å². The molecule has 0 aromatic carbocycles. The Morgan fingerprint density at radius 1 is 1.41 bits per heavy atom. The number of anilines is 1. The molecule has 1 unspecified atom stereocenters. The van der Waals surface area contributed by atoms with Crippen LogP contribution in [-0.2, 0) is 22.5 Å². The van der Waals surface area contributed by atoms with E-state index in [1.807, 2.05) is 0 Å². The van der Waals surface area contributed by atoms with Crippen molar-refractivity contribution >= 4 is 50.7 Å². The number of hydrogen-bond donors (Lipinski definition) is 1. The Hall–Kier alpha value is -2.78. The zero-order valence-corrected chi connectivity index (χ0v) is 17.3. The quantitative estimate of drug-likeness (QED) is 0.502. The van der Waals surface area contributed by atoms with E-state index in [1.54, 1.807) is 23.6 Å². The van der Waals surface area contributed by atoms with Gasteiger partial charge in [0.25, 0.3) is 11.5 Å². The summed E-state index contributed by atoms with van der Waals surface area (Å²) < 4.78 is 6.98. The molecule has 1 aliphatic heterocycles. The van der Waals surface area contributed by atoms with Crippen molar-refractivity contribution in [1.29, 1.82) is 0 Å². The maximum atomic E-state index is 12.7. The van der Waals surface area contributed by atoms with Gasteiger partial charge in [0.05, 0.1) is 11.1 Å². The molecule has 1 N–H and O–H groups in total. The summed E-state index contributed by atoms with van der Waals surface area (Å²) in [7, 11) is 0. The molecule has 1 aliphatic rings. The van der Waals surface area contributed by atoms with Crippen molar-refractivity contribution in [1.82, 2.24) is 14.5 Å². The Bertz CT molecular complexity index is 1200. The molecule has 4 heterocycles. The maximum absolute atomic E-state index is 12.7. The number of aryl methyl sites for hydroxylation is 2. The van der Waals surface area contributed by atoms with Crippen LogP contribution in [0.2, 0.25) is 5.15 Å². The summed E-state index contributed by atoms with van der Waals surface area (Å²) in [6.45, 7) is 3.79. The highest BCUT2D eigenvalue weighted by Crippen LogP contribution is 2.29. The molecule has 0 saturated heterocycles. The molecule has 4 rings (SSSR count). The van der Waals surface area contributed by atoms with Gasteiger partial charge in [0.2, 0.25) is 0 Å². The normalized spacial score (nSPS) is 13.9. The van der Waals surface area contributed by atoms with E-state index >= 15 is 0 Å². The molecule has 1 atom stereocenters. The Morgan fingerprint density at radius 3 is 2.97 bits per heavy atom. The highest BCUT2D eigenvalue weighted by Gasteiger charge is 2.26. The molecule has 0 saturated carbocycles. The van der Waals surface area contributed by atoms with Crippen LogP contribution in [0.15, 0.2) is 23.1 Å². The molecule has 0 fully saturated rings. The third kappa shape index (κ3) is 3.51. The minimum Gasteiger partial charge on any atom is -0.448 e. The van der Waals surface area contributed by atoms with E-state index in [-0.39, 0.29) is 15.6 Å². The minimum absolute atomic E-state index is 0.132.